The number of nitrogens with one attached hydrogen (secondary N) is 1. The number of carbonyl (C=O) groups is 2. The van der Waals surface area contributed by atoms with Crippen LogP contribution in [0.25, 0.3) is 10.9 Å². The Morgan fingerprint density at radius 1 is 1.06 bits per heavy atom. The van der Waals surface area contributed by atoms with E-state index >= 15 is 0 Å². The van der Waals surface area contributed by atoms with Crippen LogP contribution in [-0.4, -0.2) is 49.3 Å². The van der Waals surface area contributed by atoms with Gasteiger partial charge in [0.25, 0.3) is 5.91 Å². The summed E-state index contributed by atoms with van der Waals surface area (Å²) in [5.41, 5.74) is 2.70. The van der Waals surface area contributed by atoms with Crippen molar-refractivity contribution < 1.29 is 22.7 Å². The SMILES string of the molecule is Cc1nc2ccccc2c(C)c1C(=O)OCC(=O)Nc1cccc(S(=O)(=O)N2CCCC2)c1. The van der Waals surface area contributed by atoms with E-state index in [-0.39, 0.29) is 4.90 Å². The number of ether oxygens (including phenoxy) is 1. The Morgan fingerprint density at radius 2 is 1.79 bits per heavy atom. The van der Waals surface area contributed by atoms with E-state index in [1.165, 1.54) is 16.4 Å². The number of carbonyl (C=O) groups excluding carboxylic acids is 2. The molecule has 0 bridgehead atoms. The molecule has 3 aromatic rings. The van der Waals surface area contributed by atoms with Gasteiger partial charge >= 0.3 is 5.97 Å². The van der Waals surface area contributed by atoms with Gasteiger partial charge in [0.15, 0.2) is 6.61 Å². The summed E-state index contributed by atoms with van der Waals surface area (Å²) in [5.74, 6) is -1.20. The number of rotatable bonds is 6. The zero-order chi connectivity index (χ0) is 23.6. The number of aryl methyl sites for hydroxylation is 2. The molecule has 1 aliphatic heterocycles. The van der Waals surface area contributed by atoms with E-state index in [4.69, 9.17) is 4.74 Å². The monoisotopic (exact) mass is 467 g/mol. The van der Waals surface area contributed by atoms with Crippen molar-refractivity contribution in [1.82, 2.24) is 9.29 Å². The Labute approximate surface area is 192 Å². The van der Waals surface area contributed by atoms with Crippen molar-refractivity contribution in [2.75, 3.05) is 25.0 Å². The van der Waals surface area contributed by atoms with Crippen LogP contribution in [0.4, 0.5) is 5.69 Å². The lowest BCUT2D eigenvalue weighted by molar-refractivity contribution is -0.119. The highest BCUT2D eigenvalue weighted by Crippen LogP contribution is 2.24. The summed E-state index contributed by atoms with van der Waals surface area (Å²) >= 11 is 0. The molecule has 0 unspecified atom stereocenters. The molecule has 1 N–H and O–H groups in total. The number of pyridine rings is 1. The molecule has 0 spiro atoms. The second kappa shape index (κ2) is 9.29. The van der Waals surface area contributed by atoms with Crippen LogP contribution < -0.4 is 5.32 Å². The summed E-state index contributed by atoms with van der Waals surface area (Å²) in [4.78, 5) is 29.6. The number of anilines is 1. The third-order valence-corrected chi connectivity index (χ3v) is 7.59. The quantitative estimate of drug-likeness (QED) is 0.557. The predicted molar refractivity (Wildman–Crippen MR) is 125 cm³/mol. The Kier molecular flexibility index (Phi) is 6.44. The van der Waals surface area contributed by atoms with E-state index in [1.807, 2.05) is 31.2 Å². The number of esters is 1. The van der Waals surface area contributed by atoms with Crippen molar-refractivity contribution in [1.29, 1.82) is 0 Å². The van der Waals surface area contributed by atoms with Crippen molar-refractivity contribution in [2.24, 2.45) is 0 Å². The molecule has 4 rings (SSSR count). The molecule has 33 heavy (non-hydrogen) atoms. The van der Waals surface area contributed by atoms with Crippen LogP contribution in [0, 0.1) is 13.8 Å². The lowest BCUT2D eigenvalue weighted by Crippen LogP contribution is -2.28. The van der Waals surface area contributed by atoms with Gasteiger partial charge < -0.3 is 10.1 Å². The highest BCUT2D eigenvalue weighted by atomic mass is 32.2. The van der Waals surface area contributed by atoms with Crippen molar-refractivity contribution in [3.8, 4) is 0 Å². The van der Waals surface area contributed by atoms with Crippen molar-refractivity contribution >= 4 is 38.5 Å². The Balaban J connectivity index is 1.43. The summed E-state index contributed by atoms with van der Waals surface area (Å²) in [7, 11) is -3.60. The summed E-state index contributed by atoms with van der Waals surface area (Å²) in [6.45, 7) is 4.03. The minimum absolute atomic E-state index is 0.118. The Hall–Kier alpha value is -3.30. The molecule has 0 radical (unpaired) electrons. The molecule has 2 aromatic carbocycles. The molecular weight excluding hydrogens is 442 g/mol. The van der Waals surface area contributed by atoms with Gasteiger partial charge in [0.1, 0.15) is 0 Å². The number of sulfonamides is 1. The van der Waals surface area contributed by atoms with Crippen LogP contribution in [0.5, 0.6) is 0 Å². The molecule has 1 amide bonds. The molecule has 2 heterocycles. The van der Waals surface area contributed by atoms with Crippen molar-refractivity contribution in [2.45, 2.75) is 31.6 Å². The molecule has 0 saturated carbocycles. The van der Waals surface area contributed by atoms with Gasteiger partial charge in [0.05, 0.1) is 21.7 Å². The molecule has 1 fully saturated rings. The number of nitrogens with zero attached hydrogens (tertiary/aromatic N) is 2. The van der Waals surface area contributed by atoms with Crippen LogP contribution in [-0.2, 0) is 19.6 Å². The zero-order valence-electron chi connectivity index (χ0n) is 18.5. The van der Waals surface area contributed by atoms with E-state index in [0.717, 1.165) is 29.3 Å². The van der Waals surface area contributed by atoms with Gasteiger partial charge in [-0.2, -0.15) is 4.31 Å². The number of aromatic nitrogens is 1. The molecular formula is C24H25N3O5S. The summed E-state index contributed by atoms with van der Waals surface area (Å²) < 4.78 is 32.2. The van der Waals surface area contributed by atoms with Crippen molar-refractivity contribution in [3.63, 3.8) is 0 Å². The highest BCUT2D eigenvalue weighted by Gasteiger charge is 2.27. The third-order valence-electron chi connectivity index (χ3n) is 5.69. The number of fused-ring (bicyclic) bond motifs is 1. The van der Waals surface area contributed by atoms with Crippen LogP contribution >= 0.6 is 0 Å². The fourth-order valence-corrected chi connectivity index (χ4v) is 5.61. The lowest BCUT2D eigenvalue weighted by atomic mass is 10.0. The number of hydrogen-bond donors (Lipinski definition) is 1. The average molecular weight is 468 g/mol. The number of amides is 1. The predicted octanol–water partition coefficient (Wildman–Crippen LogP) is 3.43. The maximum Gasteiger partial charge on any atom is 0.340 e. The number of benzene rings is 2. The zero-order valence-corrected chi connectivity index (χ0v) is 19.3. The second-order valence-electron chi connectivity index (χ2n) is 7.98. The van der Waals surface area contributed by atoms with E-state index in [1.54, 1.807) is 19.1 Å². The van der Waals surface area contributed by atoms with Gasteiger partial charge in [-0.1, -0.05) is 24.3 Å². The molecule has 9 heteroatoms. The number of hydrogen-bond acceptors (Lipinski definition) is 6. The van der Waals surface area contributed by atoms with Gasteiger partial charge in [-0.15, -0.1) is 0 Å². The largest absolute Gasteiger partial charge is 0.452 e. The molecule has 1 saturated heterocycles. The maximum atomic E-state index is 12.7. The van der Waals surface area contributed by atoms with Gasteiger partial charge in [0, 0.05) is 24.2 Å². The Morgan fingerprint density at radius 3 is 2.55 bits per heavy atom. The van der Waals surface area contributed by atoms with Crippen LogP contribution in [0.2, 0.25) is 0 Å². The first-order valence-electron chi connectivity index (χ1n) is 10.7. The van der Waals surface area contributed by atoms with E-state index < -0.39 is 28.5 Å². The van der Waals surface area contributed by atoms with Gasteiger partial charge in [-0.3, -0.25) is 9.78 Å². The fourth-order valence-electron chi connectivity index (χ4n) is 4.04. The van der Waals surface area contributed by atoms with Gasteiger partial charge in [0.2, 0.25) is 10.0 Å². The lowest BCUT2D eigenvalue weighted by Gasteiger charge is -2.16. The topological polar surface area (TPSA) is 106 Å². The maximum absolute atomic E-state index is 12.7. The second-order valence-corrected chi connectivity index (χ2v) is 9.92. The van der Waals surface area contributed by atoms with Gasteiger partial charge in [-0.05, 0) is 56.5 Å². The third kappa shape index (κ3) is 4.74. The molecule has 1 aromatic heterocycles. The van der Waals surface area contributed by atoms with E-state index in [9.17, 15) is 18.0 Å². The van der Waals surface area contributed by atoms with Crippen LogP contribution in [0.1, 0.15) is 34.5 Å². The smallest absolute Gasteiger partial charge is 0.340 e. The average Bonchev–Trinajstić information content (AvgIpc) is 3.34. The number of para-hydroxylation sites is 1. The minimum Gasteiger partial charge on any atom is -0.452 e. The first-order valence-corrected chi connectivity index (χ1v) is 12.1. The minimum atomic E-state index is -3.60. The molecule has 172 valence electrons. The standard InChI is InChI=1S/C24H25N3O5S/c1-16-20-10-3-4-11-21(20)25-17(2)23(16)24(29)32-15-22(28)26-18-8-7-9-19(14-18)33(30,31)27-12-5-6-13-27/h3-4,7-11,14H,5-6,12-13,15H2,1-2H3,(H,26,28). The molecule has 1 aliphatic rings. The van der Waals surface area contributed by atoms with Crippen LogP contribution in [0.15, 0.2) is 53.4 Å². The van der Waals surface area contributed by atoms with E-state index in [2.05, 4.69) is 10.3 Å². The summed E-state index contributed by atoms with van der Waals surface area (Å²) in [6, 6.07) is 13.6. The summed E-state index contributed by atoms with van der Waals surface area (Å²) in [5, 5.41) is 3.44. The normalized spacial score (nSPS) is 14.4. The molecule has 0 aliphatic carbocycles. The molecule has 8 nitrogen and oxygen atoms in total. The van der Waals surface area contributed by atoms with Gasteiger partial charge in [-0.25, -0.2) is 13.2 Å². The first-order chi connectivity index (χ1) is 15.8. The van der Waals surface area contributed by atoms with Crippen molar-refractivity contribution in [3.05, 3.63) is 65.4 Å². The molecule has 0 atom stereocenters. The van der Waals surface area contributed by atoms with E-state index in [0.29, 0.717) is 30.0 Å². The fraction of sp³-hybridized carbons (Fsp3) is 0.292. The highest BCUT2D eigenvalue weighted by molar-refractivity contribution is 7.89. The summed E-state index contributed by atoms with van der Waals surface area (Å²) in [6.07, 6.45) is 1.68. The van der Waals surface area contributed by atoms with Crippen LogP contribution in [0.3, 0.4) is 0 Å². The Bertz CT molecular complexity index is 1330. The first kappa shape index (κ1) is 22.9.